The quantitative estimate of drug-likeness (QED) is 0.947. The van der Waals surface area contributed by atoms with Gasteiger partial charge in [-0.15, -0.1) is 0 Å². The standard InChI is InChI=1S/C14H14F3N3O/c1-2-20(8-14(15,16)17)13(21)10-7-12(18)19-11-6-4-3-5-9(10)11/h3-7H,2,8H2,1H3,(H2,18,19). The summed E-state index contributed by atoms with van der Waals surface area (Å²) in [6.07, 6.45) is -4.44. The Kier molecular flexibility index (Phi) is 4.02. The molecule has 0 atom stereocenters. The number of alkyl halides is 3. The lowest BCUT2D eigenvalue weighted by Crippen LogP contribution is -2.38. The molecule has 1 aromatic carbocycles. The predicted molar refractivity (Wildman–Crippen MR) is 73.8 cm³/mol. The fraction of sp³-hybridized carbons (Fsp3) is 0.286. The number of fused-ring (bicyclic) bond motifs is 1. The fourth-order valence-corrected chi connectivity index (χ4v) is 2.09. The number of para-hydroxylation sites is 1. The van der Waals surface area contributed by atoms with E-state index in [-0.39, 0.29) is 17.9 Å². The highest BCUT2D eigenvalue weighted by Gasteiger charge is 2.33. The molecule has 4 nitrogen and oxygen atoms in total. The number of halogens is 3. The second-order valence-electron chi connectivity index (χ2n) is 4.55. The largest absolute Gasteiger partial charge is 0.406 e. The molecule has 0 bridgehead atoms. The Bertz CT molecular complexity index is 670. The van der Waals surface area contributed by atoms with Crippen LogP contribution < -0.4 is 5.73 Å². The van der Waals surface area contributed by atoms with Crippen LogP contribution in [0.4, 0.5) is 19.0 Å². The van der Waals surface area contributed by atoms with Gasteiger partial charge in [0, 0.05) is 11.9 Å². The molecule has 0 unspecified atom stereocenters. The van der Waals surface area contributed by atoms with Crippen molar-refractivity contribution in [2.45, 2.75) is 13.1 Å². The SMILES string of the molecule is CCN(CC(F)(F)F)C(=O)c1cc(N)nc2ccccc12. The number of pyridine rings is 1. The zero-order valence-electron chi connectivity index (χ0n) is 11.3. The second kappa shape index (κ2) is 5.59. The number of amides is 1. The first-order valence-corrected chi connectivity index (χ1v) is 6.33. The van der Waals surface area contributed by atoms with Crippen LogP contribution in [0.2, 0.25) is 0 Å². The number of nitrogens with two attached hydrogens (primary N) is 1. The summed E-state index contributed by atoms with van der Waals surface area (Å²) < 4.78 is 37.6. The first-order valence-electron chi connectivity index (χ1n) is 6.33. The van der Waals surface area contributed by atoms with Crippen LogP contribution in [0, 0.1) is 0 Å². The Labute approximate surface area is 119 Å². The third kappa shape index (κ3) is 3.42. The zero-order chi connectivity index (χ0) is 15.6. The molecule has 2 aromatic rings. The Morgan fingerprint density at radius 2 is 2.00 bits per heavy atom. The molecule has 0 saturated heterocycles. The van der Waals surface area contributed by atoms with Crippen molar-refractivity contribution in [1.29, 1.82) is 0 Å². The number of benzene rings is 1. The molecule has 1 aromatic heterocycles. The zero-order valence-corrected chi connectivity index (χ0v) is 11.3. The normalized spacial score (nSPS) is 11.6. The average molecular weight is 297 g/mol. The van der Waals surface area contributed by atoms with E-state index in [0.717, 1.165) is 4.90 Å². The number of nitrogens with zero attached hydrogens (tertiary/aromatic N) is 2. The van der Waals surface area contributed by atoms with Crippen molar-refractivity contribution in [3.8, 4) is 0 Å². The van der Waals surface area contributed by atoms with Gasteiger partial charge in [-0.1, -0.05) is 18.2 Å². The number of carbonyl (C=O) groups excluding carboxylic acids is 1. The summed E-state index contributed by atoms with van der Waals surface area (Å²) in [4.78, 5) is 17.2. The first kappa shape index (κ1) is 15.1. The molecule has 7 heteroatoms. The molecule has 21 heavy (non-hydrogen) atoms. The van der Waals surface area contributed by atoms with E-state index in [0.29, 0.717) is 10.9 Å². The molecule has 2 N–H and O–H groups in total. The van der Waals surface area contributed by atoms with Crippen LogP contribution >= 0.6 is 0 Å². The highest BCUT2D eigenvalue weighted by molar-refractivity contribution is 6.06. The number of rotatable bonds is 3. The third-order valence-electron chi connectivity index (χ3n) is 3.01. The maximum absolute atomic E-state index is 12.5. The van der Waals surface area contributed by atoms with Gasteiger partial charge >= 0.3 is 6.18 Å². The van der Waals surface area contributed by atoms with E-state index in [4.69, 9.17) is 5.73 Å². The summed E-state index contributed by atoms with van der Waals surface area (Å²) >= 11 is 0. The van der Waals surface area contributed by atoms with Crippen LogP contribution in [-0.2, 0) is 0 Å². The maximum Gasteiger partial charge on any atom is 0.406 e. The molecule has 0 radical (unpaired) electrons. The molecule has 0 spiro atoms. The topological polar surface area (TPSA) is 59.2 Å². The Hall–Kier alpha value is -2.31. The first-order chi connectivity index (χ1) is 9.81. The highest BCUT2D eigenvalue weighted by Crippen LogP contribution is 2.23. The molecule has 1 heterocycles. The van der Waals surface area contributed by atoms with E-state index in [2.05, 4.69) is 4.98 Å². The van der Waals surface area contributed by atoms with E-state index in [1.807, 2.05) is 0 Å². The fourth-order valence-electron chi connectivity index (χ4n) is 2.09. The van der Waals surface area contributed by atoms with Crippen molar-refractivity contribution in [3.05, 3.63) is 35.9 Å². The number of nitrogen functional groups attached to an aromatic ring is 1. The number of carbonyl (C=O) groups is 1. The summed E-state index contributed by atoms with van der Waals surface area (Å²) in [5.41, 5.74) is 6.23. The molecule has 1 amide bonds. The van der Waals surface area contributed by atoms with Crippen molar-refractivity contribution < 1.29 is 18.0 Å². The van der Waals surface area contributed by atoms with E-state index in [1.54, 1.807) is 24.3 Å². The van der Waals surface area contributed by atoms with Gasteiger partial charge in [-0.2, -0.15) is 13.2 Å². The summed E-state index contributed by atoms with van der Waals surface area (Å²) in [7, 11) is 0. The number of aromatic nitrogens is 1. The van der Waals surface area contributed by atoms with Crippen LogP contribution in [0.3, 0.4) is 0 Å². The molecule has 0 aliphatic carbocycles. The van der Waals surface area contributed by atoms with Crippen LogP contribution in [-0.4, -0.2) is 35.1 Å². The summed E-state index contributed by atoms with van der Waals surface area (Å²) in [6, 6.07) is 8.01. The Morgan fingerprint density at radius 3 is 2.62 bits per heavy atom. The molecule has 0 aliphatic rings. The van der Waals surface area contributed by atoms with Gasteiger partial charge in [0.25, 0.3) is 5.91 Å². The van der Waals surface area contributed by atoms with Crippen molar-refractivity contribution >= 4 is 22.6 Å². The van der Waals surface area contributed by atoms with Crippen molar-refractivity contribution in [2.24, 2.45) is 0 Å². The Morgan fingerprint density at radius 1 is 1.33 bits per heavy atom. The molecule has 0 saturated carbocycles. The summed E-state index contributed by atoms with van der Waals surface area (Å²) in [5.74, 6) is -0.611. The molecule has 2 rings (SSSR count). The molecule has 112 valence electrons. The Balaban J connectivity index is 2.47. The monoisotopic (exact) mass is 297 g/mol. The van der Waals surface area contributed by atoms with Gasteiger partial charge < -0.3 is 10.6 Å². The minimum atomic E-state index is -4.44. The van der Waals surface area contributed by atoms with Crippen molar-refractivity contribution in [3.63, 3.8) is 0 Å². The van der Waals surface area contributed by atoms with Crippen molar-refractivity contribution in [2.75, 3.05) is 18.8 Å². The number of anilines is 1. The lowest BCUT2D eigenvalue weighted by molar-refractivity contribution is -0.140. The summed E-state index contributed by atoms with van der Waals surface area (Å²) in [5, 5.41) is 0.484. The van der Waals surface area contributed by atoms with Gasteiger partial charge in [-0.3, -0.25) is 4.79 Å². The smallest absolute Gasteiger partial charge is 0.384 e. The van der Waals surface area contributed by atoms with Gasteiger partial charge in [0.05, 0.1) is 11.1 Å². The van der Waals surface area contributed by atoms with E-state index in [1.165, 1.54) is 13.0 Å². The molecular weight excluding hydrogens is 283 g/mol. The van der Waals surface area contributed by atoms with Crippen molar-refractivity contribution in [1.82, 2.24) is 9.88 Å². The number of hydrogen-bond donors (Lipinski definition) is 1. The lowest BCUT2D eigenvalue weighted by Gasteiger charge is -2.23. The van der Waals surface area contributed by atoms with E-state index < -0.39 is 18.6 Å². The second-order valence-corrected chi connectivity index (χ2v) is 4.55. The van der Waals surface area contributed by atoms with E-state index >= 15 is 0 Å². The average Bonchev–Trinajstić information content (AvgIpc) is 2.42. The highest BCUT2D eigenvalue weighted by atomic mass is 19.4. The number of hydrogen-bond acceptors (Lipinski definition) is 3. The third-order valence-corrected chi connectivity index (χ3v) is 3.01. The van der Waals surface area contributed by atoms with Gasteiger partial charge in [0.1, 0.15) is 12.4 Å². The van der Waals surface area contributed by atoms with Gasteiger partial charge in [0.2, 0.25) is 0 Å². The summed E-state index contributed by atoms with van der Waals surface area (Å²) in [6.45, 7) is 0.157. The minimum Gasteiger partial charge on any atom is -0.384 e. The van der Waals surface area contributed by atoms with Gasteiger partial charge in [0.15, 0.2) is 0 Å². The maximum atomic E-state index is 12.5. The minimum absolute atomic E-state index is 0.0467. The molecule has 0 fully saturated rings. The van der Waals surface area contributed by atoms with Crippen LogP contribution in [0.1, 0.15) is 17.3 Å². The van der Waals surface area contributed by atoms with Gasteiger partial charge in [-0.25, -0.2) is 4.98 Å². The van der Waals surface area contributed by atoms with E-state index in [9.17, 15) is 18.0 Å². The predicted octanol–water partition coefficient (Wildman–Crippen LogP) is 2.84. The molecular formula is C14H14F3N3O. The lowest BCUT2D eigenvalue weighted by atomic mass is 10.1. The van der Waals surface area contributed by atoms with Gasteiger partial charge in [-0.05, 0) is 19.1 Å². The molecule has 0 aliphatic heterocycles. The van der Waals surface area contributed by atoms with Crippen LogP contribution in [0.5, 0.6) is 0 Å². The van der Waals surface area contributed by atoms with Crippen LogP contribution in [0.15, 0.2) is 30.3 Å². The van der Waals surface area contributed by atoms with Crippen LogP contribution in [0.25, 0.3) is 10.9 Å².